The molecule has 0 spiro atoms. The molecular weight excluding hydrogens is 230 g/mol. The fourth-order valence-electron chi connectivity index (χ4n) is 2.41. The summed E-state index contributed by atoms with van der Waals surface area (Å²) in [5, 5.41) is 9.33. The summed E-state index contributed by atoms with van der Waals surface area (Å²) in [5.41, 5.74) is 1.04. The quantitative estimate of drug-likeness (QED) is 0.864. The van der Waals surface area contributed by atoms with Crippen molar-refractivity contribution in [2.45, 2.75) is 25.3 Å². The van der Waals surface area contributed by atoms with Crippen LogP contribution in [0.15, 0.2) is 24.3 Å². The van der Waals surface area contributed by atoms with Crippen LogP contribution in [-0.2, 0) is 11.2 Å². The van der Waals surface area contributed by atoms with Crippen LogP contribution in [0.3, 0.4) is 0 Å². The topological polar surface area (TPSA) is 49.8 Å². The van der Waals surface area contributed by atoms with Crippen molar-refractivity contribution in [3.05, 3.63) is 29.8 Å². The van der Waals surface area contributed by atoms with Crippen LogP contribution in [-0.4, -0.2) is 42.2 Å². The third-order valence-corrected chi connectivity index (χ3v) is 3.45. The van der Waals surface area contributed by atoms with Crippen LogP contribution in [0.4, 0.5) is 0 Å². The van der Waals surface area contributed by atoms with Crippen molar-refractivity contribution in [3.8, 4) is 5.75 Å². The van der Waals surface area contributed by atoms with Crippen molar-refractivity contribution in [2.24, 2.45) is 0 Å². The lowest BCUT2D eigenvalue weighted by atomic mass is 10.0. The van der Waals surface area contributed by atoms with Gasteiger partial charge in [-0.05, 0) is 50.0 Å². The van der Waals surface area contributed by atoms with Crippen LogP contribution < -0.4 is 4.74 Å². The largest absolute Gasteiger partial charge is 0.497 e. The second kappa shape index (κ2) is 5.87. The van der Waals surface area contributed by atoms with Gasteiger partial charge >= 0.3 is 5.97 Å². The van der Waals surface area contributed by atoms with Crippen LogP contribution in [0.2, 0.25) is 0 Å². The van der Waals surface area contributed by atoms with Gasteiger partial charge in [0.05, 0.1) is 7.11 Å². The van der Waals surface area contributed by atoms with Crippen LogP contribution in [0.5, 0.6) is 5.75 Å². The van der Waals surface area contributed by atoms with Gasteiger partial charge in [0.15, 0.2) is 0 Å². The number of aliphatic carboxylic acids is 1. The van der Waals surface area contributed by atoms with Crippen molar-refractivity contribution in [1.82, 2.24) is 4.90 Å². The Kier molecular flexibility index (Phi) is 4.20. The van der Waals surface area contributed by atoms with Gasteiger partial charge < -0.3 is 9.84 Å². The Balaban J connectivity index is 2.05. The first-order valence-corrected chi connectivity index (χ1v) is 6.30. The van der Waals surface area contributed by atoms with Gasteiger partial charge in [0.2, 0.25) is 0 Å². The Labute approximate surface area is 107 Å². The molecule has 98 valence electrons. The van der Waals surface area contributed by atoms with Crippen molar-refractivity contribution in [2.75, 3.05) is 20.2 Å². The zero-order valence-electron chi connectivity index (χ0n) is 10.6. The second-order valence-corrected chi connectivity index (χ2v) is 4.65. The second-order valence-electron chi connectivity index (χ2n) is 4.65. The highest BCUT2D eigenvalue weighted by Gasteiger charge is 2.27. The van der Waals surface area contributed by atoms with Gasteiger partial charge in [0, 0.05) is 0 Å². The highest BCUT2D eigenvalue weighted by Crippen LogP contribution is 2.18. The number of carboxylic acid groups (broad SMARTS) is 1. The highest BCUT2D eigenvalue weighted by atomic mass is 16.5. The molecule has 1 atom stereocenters. The van der Waals surface area contributed by atoms with Crippen molar-refractivity contribution >= 4 is 5.97 Å². The number of ether oxygens (including phenoxy) is 1. The van der Waals surface area contributed by atoms with E-state index < -0.39 is 12.0 Å². The average Bonchev–Trinajstić information content (AvgIpc) is 2.90. The lowest BCUT2D eigenvalue weighted by molar-refractivity contribution is -0.142. The van der Waals surface area contributed by atoms with Gasteiger partial charge in [-0.25, -0.2) is 0 Å². The minimum atomic E-state index is -0.729. The first-order valence-electron chi connectivity index (χ1n) is 6.30. The van der Waals surface area contributed by atoms with E-state index in [2.05, 4.69) is 4.90 Å². The fraction of sp³-hybridized carbons (Fsp3) is 0.500. The molecule has 1 aromatic rings. The maximum atomic E-state index is 11.3. The zero-order chi connectivity index (χ0) is 13.0. The fourth-order valence-corrected chi connectivity index (χ4v) is 2.41. The number of benzene rings is 1. The van der Waals surface area contributed by atoms with Gasteiger partial charge in [0.25, 0.3) is 0 Å². The van der Waals surface area contributed by atoms with Gasteiger partial charge in [-0.3, -0.25) is 9.69 Å². The molecule has 1 N–H and O–H groups in total. The van der Waals surface area contributed by atoms with Crippen molar-refractivity contribution < 1.29 is 14.6 Å². The molecular formula is C14H19NO3. The van der Waals surface area contributed by atoms with Gasteiger partial charge in [-0.2, -0.15) is 0 Å². The molecule has 1 aliphatic rings. The van der Waals surface area contributed by atoms with Gasteiger partial charge in [-0.1, -0.05) is 12.1 Å². The third-order valence-electron chi connectivity index (χ3n) is 3.45. The molecule has 2 rings (SSSR count). The Morgan fingerprint density at radius 1 is 1.33 bits per heavy atom. The number of carboxylic acids is 1. The molecule has 1 aliphatic heterocycles. The lowest BCUT2D eigenvalue weighted by Gasteiger charge is -2.23. The van der Waals surface area contributed by atoms with Crippen LogP contribution in [0, 0.1) is 0 Å². The maximum Gasteiger partial charge on any atom is 0.321 e. The van der Waals surface area contributed by atoms with E-state index in [9.17, 15) is 9.90 Å². The molecule has 0 radical (unpaired) electrons. The molecule has 4 heteroatoms. The van der Waals surface area contributed by atoms with Crippen LogP contribution >= 0.6 is 0 Å². The summed E-state index contributed by atoms with van der Waals surface area (Å²) >= 11 is 0. The maximum absolute atomic E-state index is 11.3. The summed E-state index contributed by atoms with van der Waals surface area (Å²) in [6.45, 7) is 1.79. The van der Waals surface area contributed by atoms with E-state index in [-0.39, 0.29) is 0 Å². The summed E-state index contributed by atoms with van der Waals surface area (Å²) in [7, 11) is 1.62. The predicted octanol–water partition coefficient (Wildman–Crippen LogP) is 1.79. The Morgan fingerprint density at radius 2 is 1.94 bits per heavy atom. The van der Waals surface area contributed by atoms with Crippen molar-refractivity contribution in [3.63, 3.8) is 0 Å². The smallest absolute Gasteiger partial charge is 0.321 e. The minimum absolute atomic E-state index is 0.402. The highest BCUT2D eigenvalue weighted by molar-refractivity contribution is 5.74. The average molecular weight is 249 g/mol. The Bertz CT molecular complexity index is 396. The first-order chi connectivity index (χ1) is 8.70. The van der Waals surface area contributed by atoms with Gasteiger partial charge in [-0.15, -0.1) is 0 Å². The number of rotatable bonds is 5. The number of hydrogen-bond acceptors (Lipinski definition) is 3. The third kappa shape index (κ3) is 3.01. The summed E-state index contributed by atoms with van der Waals surface area (Å²) < 4.78 is 5.09. The summed E-state index contributed by atoms with van der Waals surface area (Å²) in [6, 6.07) is 7.22. The van der Waals surface area contributed by atoms with Crippen molar-refractivity contribution in [1.29, 1.82) is 0 Å². The zero-order valence-corrected chi connectivity index (χ0v) is 10.6. The molecule has 0 aromatic heterocycles. The summed E-state index contributed by atoms with van der Waals surface area (Å²) in [5.74, 6) is 0.0690. The molecule has 1 saturated heterocycles. The standard InChI is InChI=1S/C14H19NO3/c1-18-12-6-4-11(5-7-12)10-13(14(16)17)15-8-2-3-9-15/h4-7,13H,2-3,8-10H2,1H3,(H,16,17). The molecule has 18 heavy (non-hydrogen) atoms. The van der Waals surface area contributed by atoms with E-state index in [1.165, 1.54) is 0 Å². The molecule has 4 nitrogen and oxygen atoms in total. The normalized spacial score (nSPS) is 17.6. The van der Waals surface area contributed by atoms with E-state index in [1.54, 1.807) is 7.11 Å². The SMILES string of the molecule is COc1ccc(CC(C(=O)O)N2CCCC2)cc1. The molecule has 1 aromatic carbocycles. The molecule has 1 heterocycles. The van der Waals surface area contributed by atoms with Crippen LogP contribution in [0.25, 0.3) is 0 Å². The number of hydrogen-bond donors (Lipinski definition) is 1. The summed E-state index contributed by atoms with van der Waals surface area (Å²) in [4.78, 5) is 13.4. The molecule has 0 amide bonds. The number of carbonyl (C=O) groups is 1. The predicted molar refractivity (Wildman–Crippen MR) is 68.9 cm³/mol. The number of nitrogens with zero attached hydrogens (tertiary/aromatic N) is 1. The van der Waals surface area contributed by atoms with Crippen LogP contribution in [0.1, 0.15) is 18.4 Å². The molecule has 0 aliphatic carbocycles. The number of likely N-dealkylation sites (tertiary alicyclic amines) is 1. The van der Waals surface area contributed by atoms with E-state index in [1.807, 2.05) is 24.3 Å². The van der Waals surface area contributed by atoms with E-state index in [0.29, 0.717) is 6.42 Å². The lowest BCUT2D eigenvalue weighted by Crippen LogP contribution is -2.40. The molecule has 0 saturated carbocycles. The minimum Gasteiger partial charge on any atom is -0.497 e. The van der Waals surface area contributed by atoms with E-state index in [4.69, 9.17) is 4.74 Å². The van der Waals surface area contributed by atoms with Gasteiger partial charge in [0.1, 0.15) is 11.8 Å². The monoisotopic (exact) mass is 249 g/mol. The van der Waals surface area contributed by atoms with E-state index >= 15 is 0 Å². The molecule has 1 unspecified atom stereocenters. The molecule has 1 fully saturated rings. The summed E-state index contributed by atoms with van der Waals surface area (Å²) in [6.07, 6.45) is 2.76. The number of methoxy groups -OCH3 is 1. The van der Waals surface area contributed by atoms with E-state index in [0.717, 1.165) is 37.2 Å². The first kappa shape index (κ1) is 12.9. The Morgan fingerprint density at radius 3 is 2.44 bits per heavy atom. The molecule has 0 bridgehead atoms. The Hall–Kier alpha value is -1.55.